The van der Waals surface area contributed by atoms with Gasteiger partial charge >= 0.3 is 0 Å². The van der Waals surface area contributed by atoms with Gasteiger partial charge in [0.2, 0.25) is 0 Å². The SMILES string of the molecule is CC(C)(O)c1ccc2ccccc2c1C1=Cc2ccccc2C1. The molecule has 1 heteroatoms. The smallest absolute Gasteiger partial charge is 0.0846 e. The normalized spacial score (nSPS) is 14.0. The Bertz CT molecular complexity index is 926. The standard InChI is InChI=1S/C22H20O/c1-22(2,23)20-12-11-15-7-5-6-10-19(15)21(20)18-13-16-8-3-4-9-17(16)14-18/h3-13,23H,14H2,1-2H3. The third-order valence-corrected chi connectivity index (χ3v) is 4.67. The van der Waals surface area contributed by atoms with Gasteiger partial charge in [-0.05, 0) is 58.9 Å². The fourth-order valence-corrected chi connectivity index (χ4v) is 3.57. The monoisotopic (exact) mass is 300 g/mol. The fourth-order valence-electron chi connectivity index (χ4n) is 3.57. The first-order valence-corrected chi connectivity index (χ1v) is 8.07. The minimum Gasteiger partial charge on any atom is -0.386 e. The van der Waals surface area contributed by atoms with E-state index in [2.05, 4.69) is 66.7 Å². The molecule has 3 aromatic rings. The molecule has 0 spiro atoms. The van der Waals surface area contributed by atoms with E-state index in [1.54, 1.807) is 0 Å². The highest BCUT2D eigenvalue weighted by Gasteiger charge is 2.25. The van der Waals surface area contributed by atoms with E-state index in [4.69, 9.17) is 0 Å². The lowest BCUT2D eigenvalue weighted by Crippen LogP contribution is -2.18. The first-order chi connectivity index (χ1) is 11.0. The maximum atomic E-state index is 10.7. The van der Waals surface area contributed by atoms with E-state index in [1.165, 1.54) is 33.0 Å². The maximum absolute atomic E-state index is 10.7. The number of aliphatic hydroxyl groups is 1. The third-order valence-electron chi connectivity index (χ3n) is 4.67. The lowest BCUT2D eigenvalue weighted by atomic mass is 9.85. The van der Waals surface area contributed by atoms with Crippen molar-refractivity contribution >= 4 is 22.4 Å². The lowest BCUT2D eigenvalue weighted by Gasteiger charge is -2.24. The topological polar surface area (TPSA) is 20.2 Å². The Morgan fingerprint density at radius 2 is 1.61 bits per heavy atom. The summed E-state index contributed by atoms with van der Waals surface area (Å²) in [4.78, 5) is 0. The molecule has 3 aromatic carbocycles. The number of hydrogen-bond donors (Lipinski definition) is 1. The van der Waals surface area contributed by atoms with Crippen molar-refractivity contribution in [2.45, 2.75) is 25.9 Å². The molecule has 0 atom stereocenters. The quantitative estimate of drug-likeness (QED) is 0.692. The number of allylic oxidation sites excluding steroid dienone is 1. The Morgan fingerprint density at radius 3 is 2.39 bits per heavy atom. The molecular weight excluding hydrogens is 280 g/mol. The predicted molar refractivity (Wildman–Crippen MR) is 97.2 cm³/mol. The van der Waals surface area contributed by atoms with E-state index in [9.17, 15) is 5.11 Å². The number of hydrogen-bond acceptors (Lipinski definition) is 1. The Hall–Kier alpha value is -2.38. The van der Waals surface area contributed by atoms with Crippen LogP contribution in [0.1, 0.15) is 36.1 Å². The summed E-state index contributed by atoms with van der Waals surface area (Å²) in [5.41, 5.74) is 5.26. The summed E-state index contributed by atoms with van der Waals surface area (Å²) in [6.45, 7) is 3.73. The van der Waals surface area contributed by atoms with Gasteiger partial charge in [-0.15, -0.1) is 0 Å². The Kier molecular flexibility index (Phi) is 3.14. The van der Waals surface area contributed by atoms with Crippen molar-refractivity contribution in [3.05, 3.63) is 82.9 Å². The van der Waals surface area contributed by atoms with Crippen LogP contribution in [-0.2, 0) is 12.0 Å². The molecule has 0 unspecified atom stereocenters. The molecule has 0 amide bonds. The van der Waals surface area contributed by atoms with Crippen LogP contribution in [-0.4, -0.2) is 5.11 Å². The minimum atomic E-state index is -0.866. The summed E-state index contributed by atoms with van der Waals surface area (Å²) in [5, 5.41) is 13.1. The molecule has 1 N–H and O–H groups in total. The fraction of sp³-hybridized carbons (Fsp3) is 0.182. The molecule has 1 aliphatic carbocycles. The number of rotatable bonds is 2. The van der Waals surface area contributed by atoms with Gasteiger partial charge < -0.3 is 5.11 Å². The molecule has 0 radical (unpaired) electrons. The Balaban J connectivity index is 1.99. The van der Waals surface area contributed by atoms with Crippen LogP contribution in [0.4, 0.5) is 0 Å². The first kappa shape index (κ1) is 14.2. The second-order valence-electron chi connectivity index (χ2n) is 6.81. The van der Waals surface area contributed by atoms with Crippen molar-refractivity contribution in [2.24, 2.45) is 0 Å². The van der Waals surface area contributed by atoms with Crippen molar-refractivity contribution in [3.8, 4) is 0 Å². The van der Waals surface area contributed by atoms with Crippen molar-refractivity contribution in [1.29, 1.82) is 0 Å². The van der Waals surface area contributed by atoms with Crippen molar-refractivity contribution in [1.82, 2.24) is 0 Å². The summed E-state index contributed by atoms with van der Waals surface area (Å²) < 4.78 is 0. The first-order valence-electron chi connectivity index (χ1n) is 8.07. The number of benzene rings is 3. The molecule has 0 saturated heterocycles. The Morgan fingerprint density at radius 1 is 0.870 bits per heavy atom. The third kappa shape index (κ3) is 2.38. The van der Waals surface area contributed by atoms with Crippen LogP contribution >= 0.6 is 0 Å². The predicted octanol–water partition coefficient (Wildman–Crippen LogP) is 5.16. The highest BCUT2D eigenvalue weighted by Crippen LogP contribution is 2.40. The molecule has 114 valence electrons. The van der Waals surface area contributed by atoms with Gasteiger partial charge in [0.25, 0.3) is 0 Å². The Labute approximate surface area is 136 Å². The van der Waals surface area contributed by atoms with E-state index in [0.717, 1.165) is 12.0 Å². The van der Waals surface area contributed by atoms with Gasteiger partial charge in [-0.2, -0.15) is 0 Å². The molecule has 1 aliphatic rings. The zero-order chi connectivity index (χ0) is 16.0. The van der Waals surface area contributed by atoms with Crippen molar-refractivity contribution in [3.63, 3.8) is 0 Å². The van der Waals surface area contributed by atoms with Crippen molar-refractivity contribution in [2.75, 3.05) is 0 Å². The van der Waals surface area contributed by atoms with Crippen LogP contribution in [0.2, 0.25) is 0 Å². The van der Waals surface area contributed by atoms with Gasteiger partial charge in [0.05, 0.1) is 5.60 Å². The summed E-state index contributed by atoms with van der Waals surface area (Å²) in [7, 11) is 0. The largest absolute Gasteiger partial charge is 0.386 e. The van der Waals surface area contributed by atoms with E-state index in [0.29, 0.717) is 0 Å². The van der Waals surface area contributed by atoms with E-state index in [1.807, 2.05) is 13.8 Å². The van der Waals surface area contributed by atoms with Gasteiger partial charge in [0.15, 0.2) is 0 Å². The van der Waals surface area contributed by atoms with Crippen LogP contribution in [0, 0.1) is 0 Å². The molecule has 0 heterocycles. The maximum Gasteiger partial charge on any atom is 0.0846 e. The van der Waals surface area contributed by atoms with Crippen LogP contribution in [0.25, 0.3) is 22.4 Å². The minimum absolute atomic E-state index is 0.866. The molecule has 0 aromatic heterocycles. The van der Waals surface area contributed by atoms with Crippen LogP contribution < -0.4 is 0 Å². The van der Waals surface area contributed by atoms with Gasteiger partial charge in [-0.3, -0.25) is 0 Å². The van der Waals surface area contributed by atoms with E-state index < -0.39 is 5.60 Å². The van der Waals surface area contributed by atoms with E-state index in [-0.39, 0.29) is 0 Å². The van der Waals surface area contributed by atoms with Crippen LogP contribution in [0.5, 0.6) is 0 Å². The number of fused-ring (bicyclic) bond motifs is 2. The average molecular weight is 300 g/mol. The van der Waals surface area contributed by atoms with Crippen LogP contribution in [0.3, 0.4) is 0 Å². The zero-order valence-electron chi connectivity index (χ0n) is 13.5. The highest BCUT2D eigenvalue weighted by atomic mass is 16.3. The van der Waals surface area contributed by atoms with Gasteiger partial charge in [0.1, 0.15) is 0 Å². The molecule has 0 bridgehead atoms. The average Bonchev–Trinajstić information content (AvgIpc) is 2.96. The zero-order valence-corrected chi connectivity index (χ0v) is 13.5. The molecule has 4 rings (SSSR count). The van der Waals surface area contributed by atoms with Gasteiger partial charge in [-0.25, -0.2) is 0 Å². The molecule has 0 aliphatic heterocycles. The highest BCUT2D eigenvalue weighted by molar-refractivity contribution is 6.01. The summed E-state index contributed by atoms with van der Waals surface area (Å²) in [6, 6.07) is 21.1. The second kappa shape index (κ2) is 5.07. The summed E-state index contributed by atoms with van der Waals surface area (Å²) >= 11 is 0. The molecule has 23 heavy (non-hydrogen) atoms. The molecular formula is C22H20O. The molecule has 1 nitrogen and oxygen atoms in total. The van der Waals surface area contributed by atoms with Crippen molar-refractivity contribution < 1.29 is 5.11 Å². The van der Waals surface area contributed by atoms with Crippen LogP contribution in [0.15, 0.2) is 60.7 Å². The van der Waals surface area contributed by atoms with E-state index >= 15 is 0 Å². The second-order valence-corrected chi connectivity index (χ2v) is 6.81. The van der Waals surface area contributed by atoms with Gasteiger partial charge in [-0.1, -0.05) is 66.7 Å². The molecule has 0 fully saturated rings. The van der Waals surface area contributed by atoms with Gasteiger partial charge in [0, 0.05) is 0 Å². The lowest BCUT2D eigenvalue weighted by molar-refractivity contribution is 0.0785. The summed E-state index contributed by atoms with van der Waals surface area (Å²) in [6.07, 6.45) is 3.19. The summed E-state index contributed by atoms with van der Waals surface area (Å²) in [5.74, 6) is 0. The molecule has 0 saturated carbocycles.